The zero-order valence-electron chi connectivity index (χ0n) is 19.3. The van der Waals surface area contributed by atoms with Gasteiger partial charge in [0.25, 0.3) is 5.91 Å². The van der Waals surface area contributed by atoms with Crippen molar-refractivity contribution >= 4 is 16.7 Å². The molecule has 0 bridgehead atoms. The Morgan fingerprint density at radius 1 is 0.971 bits per heavy atom. The highest BCUT2D eigenvalue weighted by molar-refractivity contribution is 5.94. The summed E-state index contributed by atoms with van der Waals surface area (Å²) in [5.74, 6) is 7.69. The van der Waals surface area contributed by atoms with Crippen molar-refractivity contribution in [1.82, 2.24) is 15.1 Å². The maximum Gasteiger partial charge on any atom is 0.270 e. The minimum atomic E-state index is -0.271. The number of fused-ring (bicyclic) bond motifs is 1. The van der Waals surface area contributed by atoms with Crippen molar-refractivity contribution in [3.63, 3.8) is 0 Å². The number of nitrogens with one attached hydrogen (secondary N) is 1. The summed E-state index contributed by atoms with van der Waals surface area (Å²) >= 11 is 0. The predicted molar refractivity (Wildman–Crippen MR) is 131 cm³/mol. The molecule has 1 heterocycles. The molecule has 1 aromatic heterocycles. The van der Waals surface area contributed by atoms with Gasteiger partial charge in [-0.25, -0.2) is 0 Å². The molecule has 0 aliphatic heterocycles. The fourth-order valence-corrected chi connectivity index (χ4v) is 3.59. The number of hydrogen-bond donors (Lipinski definition) is 1. The predicted octanol–water partition coefficient (Wildman–Crippen LogP) is 4.07. The number of benzene rings is 3. The number of rotatable bonds is 7. The first-order valence-corrected chi connectivity index (χ1v) is 10.7. The summed E-state index contributed by atoms with van der Waals surface area (Å²) in [5, 5.41) is 9.42. The van der Waals surface area contributed by atoms with Crippen LogP contribution in [0, 0.1) is 11.8 Å². The standard InChI is InChI=1S/C27H25N3O4/c1-30-24(18-23(29-30)22-17-20(32-2)13-14-25(22)33-3)27(31)28-15-6-7-16-34-26-12-8-10-19-9-4-5-11-21(19)26/h4-5,8-14,17-18H,15-16H2,1-3H3,(H,28,31). The van der Waals surface area contributed by atoms with Crippen molar-refractivity contribution in [2.75, 3.05) is 27.4 Å². The number of carbonyl (C=O) groups excluding carboxylic acids is 1. The zero-order valence-corrected chi connectivity index (χ0v) is 19.3. The van der Waals surface area contributed by atoms with Crippen molar-refractivity contribution in [2.45, 2.75) is 0 Å². The Bertz CT molecular complexity index is 1380. The van der Waals surface area contributed by atoms with Gasteiger partial charge in [-0.05, 0) is 35.7 Å². The van der Waals surface area contributed by atoms with E-state index in [1.165, 1.54) is 4.68 Å². The van der Waals surface area contributed by atoms with Gasteiger partial charge in [0.15, 0.2) is 0 Å². The van der Waals surface area contributed by atoms with E-state index in [2.05, 4.69) is 22.3 Å². The van der Waals surface area contributed by atoms with E-state index in [4.69, 9.17) is 14.2 Å². The highest BCUT2D eigenvalue weighted by Crippen LogP contribution is 2.33. The molecule has 0 saturated heterocycles. The van der Waals surface area contributed by atoms with Crippen LogP contribution in [0.2, 0.25) is 0 Å². The summed E-state index contributed by atoms with van der Waals surface area (Å²) in [6.45, 7) is 0.427. The van der Waals surface area contributed by atoms with Gasteiger partial charge in [-0.3, -0.25) is 9.48 Å². The molecule has 1 amide bonds. The zero-order chi connectivity index (χ0) is 23.9. The number of aryl methyl sites for hydroxylation is 1. The largest absolute Gasteiger partial charge is 0.497 e. The molecule has 3 aromatic carbocycles. The Morgan fingerprint density at radius 2 is 1.79 bits per heavy atom. The number of nitrogens with zero attached hydrogens (tertiary/aromatic N) is 2. The lowest BCUT2D eigenvalue weighted by atomic mass is 10.1. The molecule has 7 heteroatoms. The molecule has 4 rings (SSSR count). The second-order valence-corrected chi connectivity index (χ2v) is 7.41. The van der Waals surface area contributed by atoms with Gasteiger partial charge in [-0.2, -0.15) is 5.10 Å². The van der Waals surface area contributed by atoms with Crippen LogP contribution in [0.1, 0.15) is 10.5 Å². The summed E-state index contributed by atoms with van der Waals surface area (Å²) in [6, 6.07) is 21.1. The van der Waals surface area contributed by atoms with Crippen LogP contribution in [0.5, 0.6) is 17.2 Å². The van der Waals surface area contributed by atoms with E-state index in [0.717, 1.165) is 22.1 Å². The minimum absolute atomic E-state index is 0.195. The first-order valence-electron chi connectivity index (χ1n) is 10.7. The molecule has 0 aliphatic carbocycles. The average molecular weight is 456 g/mol. The monoisotopic (exact) mass is 455 g/mol. The summed E-state index contributed by atoms with van der Waals surface area (Å²) in [7, 11) is 4.90. The van der Waals surface area contributed by atoms with E-state index in [-0.39, 0.29) is 19.1 Å². The van der Waals surface area contributed by atoms with Crippen molar-refractivity contribution < 1.29 is 19.0 Å². The third-order valence-electron chi connectivity index (χ3n) is 5.31. The Labute approximate surface area is 198 Å². The summed E-state index contributed by atoms with van der Waals surface area (Å²) in [6.07, 6.45) is 0. The number of ether oxygens (including phenoxy) is 3. The maximum atomic E-state index is 12.7. The SMILES string of the molecule is COc1ccc(OC)c(-c2cc(C(=O)NCC#CCOc3cccc4ccccc34)n(C)n2)c1. The van der Waals surface area contributed by atoms with Gasteiger partial charge in [-0.1, -0.05) is 48.2 Å². The molecule has 0 saturated carbocycles. The smallest absolute Gasteiger partial charge is 0.270 e. The number of amides is 1. The van der Waals surface area contributed by atoms with Crippen LogP contribution < -0.4 is 19.5 Å². The molecule has 0 aliphatic rings. The van der Waals surface area contributed by atoms with Gasteiger partial charge in [-0.15, -0.1) is 0 Å². The van der Waals surface area contributed by atoms with Crippen LogP contribution >= 0.6 is 0 Å². The number of methoxy groups -OCH3 is 2. The molecule has 1 N–H and O–H groups in total. The molecule has 0 spiro atoms. The molecule has 34 heavy (non-hydrogen) atoms. The van der Waals surface area contributed by atoms with Crippen LogP contribution in [0.4, 0.5) is 0 Å². The molecule has 0 fully saturated rings. The number of carbonyl (C=O) groups is 1. The Kier molecular flexibility index (Phi) is 6.99. The topological polar surface area (TPSA) is 74.6 Å². The van der Waals surface area contributed by atoms with E-state index in [9.17, 15) is 4.79 Å². The number of aromatic nitrogens is 2. The van der Waals surface area contributed by atoms with Crippen LogP contribution in [0.3, 0.4) is 0 Å². The third-order valence-corrected chi connectivity index (χ3v) is 5.31. The first-order chi connectivity index (χ1) is 16.6. The van der Waals surface area contributed by atoms with Gasteiger partial charge >= 0.3 is 0 Å². The average Bonchev–Trinajstić information content (AvgIpc) is 3.27. The summed E-state index contributed by atoms with van der Waals surface area (Å²) < 4.78 is 18.1. The summed E-state index contributed by atoms with van der Waals surface area (Å²) in [5.41, 5.74) is 1.76. The minimum Gasteiger partial charge on any atom is -0.497 e. The molecule has 0 unspecified atom stereocenters. The van der Waals surface area contributed by atoms with Crippen molar-refractivity contribution in [3.8, 4) is 40.3 Å². The third kappa shape index (κ3) is 4.97. The Balaban J connectivity index is 1.37. The molecular weight excluding hydrogens is 430 g/mol. The van der Waals surface area contributed by atoms with E-state index < -0.39 is 0 Å². The molecular formula is C27H25N3O4. The Morgan fingerprint density at radius 3 is 2.62 bits per heavy atom. The fraction of sp³-hybridized carbons (Fsp3) is 0.185. The van der Waals surface area contributed by atoms with E-state index in [1.807, 2.05) is 54.6 Å². The Hall–Kier alpha value is -4.44. The highest BCUT2D eigenvalue weighted by Gasteiger charge is 2.17. The lowest BCUT2D eigenvalue weighted by Gasteiger charge is -2.08. The van der Waals surface area contributed by atoms with Crippen molar-refractivity contribution in [3.05, 3.63) is 72.4 Å². The van der Waals surface area contributed by atoms with Gasteiger partial charge in [0.1, 0.15) is 29.5 Å². The maximum absolute atomic E-state index is 12.7. The van der Waals surface area contributed by atoms with Gasteiger partial charge in [0.05, 0.1) is 26.5 Å². The molecule has 0 radical (unpaired) electrons. The number of hydrogen-bond acceptors (Lipinski definition) is 5. The van der Waals surface area contributed by atoms with Crippen LogP contribution in [0.25, 0.3) is 22.0 Å². The fourth-order valence-electron chi connectivity index (χ4n) is 3.59. The molecule has 7 nitrogen and oxygen atoms in total. The normalized spacial score (nSPS) is 10.3. The highest BCUT2D eigenvalue weighted by atomic mass is 16.5. The lowest BCUT2D eigenvalue weighted by molar-refractivity contribution is 0.0949. The second-order valence-electron chi connectivity index (χ2n) is 7.41. The van der Waals surface area contributed by atoms with Crippen molar-refractivity contribution in [1.29, 1.82) is 0 Å². The molecule has 172 valence electrons. The van der Waals surface area contributed by atoms with Crippen LogP contribution in [-0.2, 0) is 7.05 Å². The first kappa shape index (κ1) is 22.7. The van der Waals surface area contributed by atoms with Crippen molar-refractivity contribution in [2.24, 2.45) is 7.05 Å². The van der Waals surface area contributed by atoms with Crippen LogP contribution in [-0.4, -0.2) is 43.1 Å². The second kappa shape index (κ2) is 10.5. The van der Waals surface area contributed by atoms with Gasteiger partial charge in [0, 0.05) is 18.0 Å². The summed E-state index contributed by atoms with van der Waals surface area (Å²) in [4.78, 5) is 12.7. The van der Waals surface area contributed by atoms with Gasteiger partial charge < -0.3 is 19.5 Å². The van der Waals surface area contributed by atoms with Gasteiger partial charge in [0.2, 0.25) is 0 Å². The lowest BCUT2D eigenvalue weighted by Crippen LogP contribution is -2.25. The molecule has 4 aromatic rings. The quantitative estimate of drug-likeness (QED) is 0.425. The van der Waals surface area contributed by atoms with E-state index in [0.29, 0.717) is 22.9 Å². The van der Waals surface area contributed by atoms with Crippen LogP contribution in [0.15, 0.2) is 66.7 Å². The van der Waals surface area contributed by atoms with E-state index in [1.54, 1.807) is 33.4 Å². The molecule has 0 atom stereocenters. The van der Waals surface area contributed by atoms with E-state index >= 15 is 0 Å².